The van der Waals surface area contributed by atoms with Crippen LogP contribution < -0.4 is 5.32 Å². The van der Waals surface area contributed by atoms with Crippen LogP contribution in [0.1, 0.15) is 5.69 Å². The van der Waals surface area contributed by atoms with E-state index < -0.39 is 0 Å². The van der Waals surface area contributed by atoms with Gasteiger partial charge >= 0.3 is 6.03 Å². The van der Waals surface area contributed by atoms with Gasteiger partial charge in [-0.2, -0.15) is 0 Å². The lowest BCUT2D eigenvalue weighted by Gasteiger charge is -2.27. The van der Waals surface area contributed by atoms with E-state index in [1.54, 1.807) is 17.4 Å². The summed E-state index contributed by atoms with van der Waals surface area (Å²) in [6, 6.07) is -0.122. The maximum atomic E-state index is 11.9. The van der Waals surface area contributed by atoms with E-state index in [1.165, 1.54) is 17.7 Å². The summed E-state index contributed by atoms with van der Waals surface area (Å²) >= 11 is 1.17. The van der Waals surface area contributed by atoms with Crippen LogP contribution in [0.4, 0.5) is 9.80 Å². The zero-order valence-electron chi connectivity index (χ0n) is 8.91. The third-order valence-electron chi connectivity index (χ3n) is 2.64. The number of amides is 2. The number of carbonyl (C=O) groups is 1. The normalized spacial score (nSPS) is 14.5. The first-order valence-electron chi connectivity index (χ1n) is 5.15. The van der Waals surface area contributed by atoms with Crippen molar-refractivity contribution < 1.29 is 4.79 Å². The number of aromatic nitrogens is 4. The lowest BCUT2D eigenvalue weighted by Crippen LogP contribution is -2.40. The van der Waals surface area contributed by atoms with Gasteiger partial charge in [-0.05, 0) is 0 Å². The molecule has 3 rings (SSSR count). The van der Waals surface area contributed by atoms with Crippen LogP contribution in [0.5, 0.6) is 0 Å². The Hall–Kier alpha value is -1.96. The lowest BCUT2D eigenvalue weighted by molar-refractivity contribution is 0.197. The number of carbonyl (C=O) groups excluding carboxylic acids is 1. The van der Waals surface area contributed by atoms with Gasteiger partial charge in [-0.3, -0.25) is 5.32 Å². The Morgan fingerprint density at radius 1 is 1.41 bits per heavy atom. The van der Waals surface area contributed by atoms with Gasteiger partial charge in [0.1, 0.15) is 5.00 Å². The number of anilines is 1. The van der Waals surface area contributed by atoms with Crippen LogP contribution in [0.2, 0.25) is 0 Å². The van der Waals surface area contributed by atoms with Gasteiger partial charge < -0.3 is 9.47 Å². The number of fused-ring (bicyclic) bond motifs is 1. The summed E-state index contributed by atoms with van der Waals surface area (Å²) in [6.07, 6.45) is 5.11. The van der Waals surface area contributed by atoms with Crippen LogP contribution in [0.25, 0.3) is 0 Å². The van der Waals surface area contributed by atoms with Crippen LogP contribution in [0, 0.1) is 0 Å². The fourth-order valence-corrected chi connectivity index (χ4v) is 2.17. The molecular weight excluding hydrogens is 240 g/mol. The van der Waals surface area contributed by atoms with Crippen molar-refractivity contribution in [3.8, 4) is 0 Å². The third-order valence-corrected chi connectivity index (χ3v) is 3.22. The number of hydrogen-bond acceptors (Lipinski definition) is 5. The second-order valence-electron chi connectivity index (χ2n) is 3.71. The van der Waals surface area contributed by atoms with E-state index in [4.69, 9.17) is 0 Å². The first-order valence-corrected chi connectivity index (χ1v) is 5.92. The molecule has 0 spiro atoms. The van der Waals surface area contributed by atoms with Crippen molar-refractivity contribution in [1.29, 1.82) is 0 Å². The molecule has 8 heteroatoms. The highest BCUT2D eigenvalue weighted by molar-refractivity contribution is 7.10. The van der Waals surface area contributed by atoms with Crippen molar-refractivity contribution in [3.63, 3.8) is 0 Å². The van der Waals surface area contributed by atoms with E-state index >= 15 is 0 Å². The van der Waals surface area contributed by atoms with E-state index in [0.29, 0.717) is 18.1 Å². The summed E-state index contributed by atoms with van der Waals surface area (Å²) in [5.41, 5.74) is 1.05. The summed E-state index contributed by atoms with van der Waals surface area (Å²) < 4.78 is 5.75. The van der Waals surface area contributed by atoms with E-state index in [1.807, 2.05) is 0 Å². The first-order chi connectivity index (χ1) is 8.33. The molecule has 3 heterocycles. The van der Waals surface area contributed by atoms with Crippen molar-refractivity contribution in [3.05, 3.63) is 24.4 Å². The fourth-order valence-electron chi connectivity index (χ4n) is 1.76. The predicted octanol–water partition coefficient (Wildman–Crippen LogP) is 0.782. The minimum absolute atomic E-state index is 0.122. The van der Waals surface area contributed by atoms with E-state index in [9.17, 15) is 4.79 Å². The Kier molecular flexibility index (Phi) is 2.48. The lowest BCUT2D eigenvalue weighted by atomic mass is 10.3. The first kappa shape index (κ1) is 10.2. The Morgan fingerprint density at radius 3 is 3.18 bits per heavy atom. The van der Waals surface area contributed by atoms with Crippen LogP contribution in [0.15, 0.2) is 18.7 Å². The molecule has 1 aliphatic rings. The van der Waals surface area contributed by atoms with E-state index in [2.05, 4.69) is 24.5 Å². The quantitative estimate of drug-likeness (QED) is 0.811. The molecule has 0 aromatic carbocycles. The van der Waals surface area contributed by atoms with Crippen LogP contribution >= 0.6 is 11.5 Å². The summed E-state index contributed by atoms with van der Waals surface area (Å²) in [4.78, 5) is 17.7. The highest BCUT2D eigenvalue weighted by Crippen LogP contribution is 2.14. The molecule has 17 heavy (non-hydrogen) atoms. The molecule has 2 amide bonds. The molecule has 0 fully saturated rings. The van der Waals surface area contributed by atoms with Gasteiger partial charge in [0.15, 0.2) is 0 Å². The van der Waals surface area contributed by atoms with Crippen molar-refractivity contribution in [2.75, 3.05) is 11.9 Å². The van der Waals surface area contributed by atoms with Gasteiger partial charge in [-0.25, -0.2) is 9.78 Å². The minimum atomic E-state index is -0.122. The van der Waals surface area contributed by atoms with Crippen molar-refractivity contribution in [1.82, 2.24) is 24.0 Å². The standard InChI is InChI=1S/C9H10N6OS/c16-9(12-8-4-11-13-17-8)14-1-2-15-6-10-3-7(15)5-14/h3-4,6H,1-2,5H2,(H,12,16). The maximum Gasteiger partial charge on any atom is 0.322 e. The van der Waals surface area contributed by atoms with Gasteiger partial charge in [0.05, 0.1) is 24.8 Å². The summed E-state index contributed by atoms with van der Waals surface area (Å²) in [5, 5.41) is 7.10. The van der Waals surface area contributed by atoms with Gasteiger partial charge in [-0.15, -0.1) is 5.10 Å². The van der Waals surface area contributed by atoms with Gasteiger partial charge in [0, 0.05) is 30.8 Å². The molecule has 0 aliphatic carbocycles. The number of rotatable bonds is 1. The molecule has 88 valence electrons. The molecule has 2 aromatic heterocycles. The average Bonchev–Trinajstić information content (AvgIpc) is 2.97. The maximum absolute atomic E-state index is 11.9. The van der Waals surface area contributed by atoms with Crippen molar-refractivity contribution in [2.24, 2.45) is 0 Å². The SMILES string of the molecule is O=C(Nc1cnns1)N1CCn2cncc2C1. The van der Waals surface area contributed by atoms with E-state index in [0.717, 1.165) is 12.2 Å². The monoisotopic (exact) mass is 250 g/mol. The zero-order valence-corrected chi connectivity index (χ0v) is 9.72. The molecular formula is C9H10N6OS. The molecule has 0 saturated carbocycles. The summed E-state index contributed by atoms with van der Waals surface area (Å²) in [7, 11) is 0. The average molecular weight is 250 g/mol. The largest absolute Gasteiger partial charge is 0.331 e. The highest BCUT2D eigenvalue weighted by atomic mass is 32.1. The number of hydrogen-bond donors (Lipinski definition) is 1. The zero-order chi connectivity index (χ0) is 11.7. The summed E-state index contributed by atoms with van der Waals surface area (Å²) in [5.74, 6) is 0. The highest BCUT2D eigenvalue weighted by Gasteiger charge is 2.20. The second-order valence-corrected chi connectivity index (χ2v) is 4.50. The number of nitrogens with one attached hydrogen (secondary N) is 1. The van der Waals surface area contributed by atoms with E-state index in [-0.39, 0.29) is 6.03 Å². The Bertz CT molecular complexity index is 521. The molecule has 2 aromatic rings. The van der Waals surface area contributed by atoms with Crippen molar-refractivity contribution in [2.45, 2.75) is 13.1 Å². The molecule has 0 unspecified atom stereocenters. The molecule has 1 aliphatic heterocycles. The minimum Gasteiger partial charge on any atom is -0.331 e. The van der Waals surface area contributed by atoms with Crippen LogP contribution in [0.3, 0.4) is 0 Å². The van der Waals surface area contributed by atoms with Crippen LogP contribution in [-0.4, -0.2) is 36.6 Å². The molecule has 0 bridgehead atoms. The molecule has 7 nitrogen and oxygen atoms in total. The Morgan fingerprint density at radius 2 is 2.35 bits per heavy atom. The topological polar surface area (TPSA) is 75.9 Å². The van der Waals surface area contributed by atoms with Gasteiger partial charge in [-0.1, -0.05) is 4.49 Å². The van der Waals surface area contributed by atoms with Gasteiger partial charge in [0.2, 0.25) is 0 Å². The third kappa shape index (κ3) is 1.98. The Labute approximate surface area is 101 Å². The Balaban J connectivity index is 1.68. The van der Waals surface area contributed by atoms with Crippen LogP contribution in [-0.2, 0) is 13.1 Å². The molecule has 0 saturated heterocycles. The van der Waals surface area contributed by atoms with Gasteiger partial charge in [0.25, 0.3) is 0 Å². The molecule has 0 atom stereocenters. The second kappa shape index (κ2) is 4.13. The predicted molar refractivity (Wildman–Crippen MR) is 61.6 cm³/mol. The number of nitrogens with zero attached hydrogens (tertiary/aromatic N) is 5. The molecule has 1 N–H and O–H groups in total. The number of urea groups is 1. The summed E-state index contributed by atoms with van der Waals surface area (Å²) in [6.45, 7) is 2.04. The fraction of sp³-hybridized carbons (Fsp3) is 0.333. The molecule has 0 radical (unpaired) electrons. The number of imidazole rings is 1. The smallest absolute Gasteiger partial charge is 0.322 e. The van der Waals surface area contributed by atoms with Crippen molar-refractivity contribution >= 4 is 22.6 Å².